The maximum Gasteiger partial charge on any atom is 0.246 e. The molecule has 1 saturated heterocycles. The van der Waals surface area contributed by atoms with Crippen LogP contribution in [-0.4, -0.2) is 34.0 Å². The molecule has 0 unspecified atom stereocenters. The Morgan fingerprint density at radius 2 is 1.96 bits per heavy atom. The SMILES string of the molecule is CC(C)(C)[Si](C)(C)OCC[C@@]1(c2ccc(Cl)c(Cl)c2)CNC(=O)CO1. The standard InChI is InChI=1S/C18H27Cl2NO3Si/c1-17(2,3)25(4,5)24-9-8-18(12-21-16(22)11-23-18)13-6-7-14(19)15(20)10-13/h6-7,10H,8-9,11-12H2,1-5H3,(H,21,22)/t18-/m0/s1. The molecule has 7 heteroatoms. The fourth-order valence-corrected chi connectivity index (χ4v) is 3.85. The van der Waals surface area contributed by atoms with Gasteiger partial charge in [-0.05, 0) is 35.8 Å². The predicted molar refractivity (Wildman–Crippen MR) is 105 cm³/mol. The molecule has 1 aromatic carbocycles. The van der Waals surface area contributed by atoms with E-state index in [9.17, 15) is 4.79 Å². The van der Waals surface area contributed by atoms with Crippen LogP contribution in [0.4, 0.5) is 0 Å². The molecule has 0 aromatic heterocycles. The molecule has 1 aliphatic heterocycles. The van der Waals surface area contributed by atoms with E-state index < -0.39 is 13.9 Å². The van der Waals surface area contributed by atoms with Crippen LogP contribution in [0.5, 0.6) is 0 Å². The fourth-order valence-electron chi connectivity index (χ4n) is 2.50. The lowest BCUT2D eigenvalue weighted by molar-refractivity contribution is -0.147. The van der Waals surface area contributed by atoms with Gasteiger partial charge in [0, 0.05) is 13.0 Å². The summed E-state index contributed by atoms with van der Waals surface area (Å²) in [6.07, 6.45) is 0.637. The number of hydrogen-bond acceptors (Lipinski definition) is 3. The van der Waals surface area contributed by atoms with E-state index in [1.54, 1.807) is 6.07 Å². The van der Waals surface area contributed by atoms with Gasteiger partial charge in [-0.1, -0.05) is 50.0 Å². The average Bonchev–Trinajstić information content (AvgIpc) is 2.51. The molecule has 0 bridgehead atoms. The number of rotatable bonds is 5. The van der Waals surface area contributed by atoms with Crippen LogP contribution in [0.2, 0.25) is 28.2 Å². The van der Waals surface area contributed by atoms with E-state index >= 15 is 0 Å². The van der Waals surface area contributed by atoms with Crippen molar-refractivity contribution in [3.05, 3.63) is 33.8 Å². The van der Waals surface area contributed by atoms with E-state index in [2.05, 4.69) is 39.2 Å². The van der Waals surface area contributed by atoms with Gasteiger partial charge in [0.1, 0.15) is 12.2 Å². The lowest BCUT2D eigenvalue weighted by Gasteiger charge is -2.40. The first-order chi connectivity index (χ1) is 11.5. The molecule has 2 rings (SSSR count). The summed E-state index contributed by atoms with van der Waals surface area (Å²) >= 11 is 12.2. The minimum atomic E-state index is -1.85. The number of ether oxygens (including phenoxy) is 1. The van der Waals surface area contributed by atoms with E-state index in [4.69, 9.17) is 32.4 Å². The summed E-state index contributed by atoms with van der Waals surface area (Å²) in [5.41, 5.74) is 0.255. The summed E-state index contributed by atoms with van der Waals surface area (Å²) in [6, 6.07) is 5.47. The van der Waals surface area contributed by atoms with Gasteiger partial charge in [0.25, 0.3) is 0 Å². The Kier molecular flexibility index (Phi) is 6.27. The number of carbonyl (C=O) groups excluding carboxylic acids is 1. The van der Waals surface area contributed by atoms with Crippen molar-refractivity contribution in [1.29, 1.82) is 0 Å². The molecular formula is C18H27Cl2NO3Si. The van der Waals surface area contributed by atoms with Crippen molar-refractivity contribution in [2.45, 2.75) is 50.9 Å². The Balaban J connectivity index is 2.19. The minimum absolute atomic E-state index is 0.0281. The maximum absolute atomic E-state index is 11.6. The Labute approximate surface area is 161 Å². The van der Waals surface area contributed by atoms with E-state index in [0.717, 1.165) is 5.56 Å². The van der Waals surface area contributed by atoms with Gasteiger partial charge >= 0.3 is 0 Å². The van der Waals surface area contributed by atoms with Crippen LogP contribution in [0.25, 0.3) is 0 Å². The molecule has 1 amide bonds. The average molecular weight is 404 g/mol. The molecule has 0 spiro atoms. The molecule has 1 heterocycles. The lowest BCUT2D eigenvalue weighted by Crippen LogP contribution is -2.51. The maximum atomic E-state index is 11.6. The molecule has 1 atom stereocenters. The van der Waals surface area contributed by atoms with Crippen LogP contribution >= 0.6 is 23.2 Å². The van der Waals surface area contributed by atoms with Crippen molar-refractivity contribution in [3.8, 4) is 0 Å². The van der Waals surface area contributed by atoms with Gasteiger partial charge in [-0.3, -0.25) is 4.79 Å². The third-order valence-electron chi connectivity index (χ3n) is 5.27. The number of halogens is 2. The van der Waals surface area contributed by atoms with Crippen molar-refractivity contribution in [3.63, 3.8) is 0 Å². The lowest BCUT2D eigenvalue weighted by atomic mass is 9.89. The first-order valence-electron chi connectivity index (χ1n) is 8.47. The summed E-state index contributed by atoms with van der Waals surface area (Å²) in [5.74, 6) is -0.110. The zero-order valence-electron chi connectivity index (χ0n) is 15.5. The molecular weight excluding hydrogens is 377 g/mol. The van der Waals surface area contributed by atoms with Crippen molar-refractivity contribution < 1.29 is 14.0 Å². The van der Waals surface area contributed by atoms with Crippen LogP contribution in [-0.2, 0) is 19.6 Å². The highest BCUT2D eigenvalue weighted by atomic mass is 35.5. The first kappa shape index (κ1) is 20.7. The number of benzene rings is 1. The van der Waals surface area contributed by atoms with E-state index in [0.29, 0.717) is 29.6 Å². The number of amides is 1. The minimum Gasteiger partial charge on any atom is -0.417 e. The summed E-state index contributed by atoms with van der Waals surface area (Å²) in [5, 5.41) is 4.02. The van der Waals surface area contributed by atoms with Gasteiger partial charge in [0.15, 0.2) is 8.32 Å². The molecule has 0 saturated carbocycles. The van der Waals surface area contributed by atoms with Crippen LogP contribution in [0.1, 0.15) is 32.8 Å². The van der Waals surface area contributed by atoms with Crippen LogP contribution in [0, 0.1) is 0 Å². The van der Waals surface area contributed by atoms with Crippen molar-refractivity contribution in [2.24, 2.45) is 0 Å². The molecule has 1 aliphatic rings. The molecule has 4 nitrogen and oxygen atoms in total. The third-order valence-corrected chi connectivity index (χ3v) is 10.5. The fraction of sp³-hybridized carbons (Fsp3) is 0.611. The quantitative estimate of drug-likeness (QED) is 0.721. The molecule has 0 aliphatic carbocycles. The third kappa shape index (κ3) is 4.77. The molecule has 1 fully saturated rings. The topological polar surface area (TPSA) is 47.6 Å². The van der Waals surface area contributed by atoms with Gasteiger partial charge < -0.3 is 14.5 Å². The number of morpholine rings is 1. The highest BCUT2D eigenvalue weighted by Crippen LogP contribution is 2.39. The smallest absolute Gasteiger partial charge is 0.246 e. The summed E-state index contributed by atoms with van der Waals surface area (Å²) in [4.78, 5) is 11.6. The number of hydrogen-bond donors (Lipinski definition) is 1. The zero-order valence-corrected chi connectivity index (χ0v) is 18.1. The monoisotopic (exact) mass is 403 g/mol. The van der Waals surface area contributed by atoms with Gasteiger partial charge in [-0.15, -0.1) is 0 Å². The Morgan fingerprint density at radius 1 is 1.28 bits per heavy atom. The van der Waals surface area contributed by atoms with Gasteiger partial charge in [-0.2, -0.15) is 0 Å². The Bertz CT molecular complexity index is 634. The number of carbonyl (C=O) groups is 1. The van der Waals surface area contributed by atoms with E-state index in [-0.39, 0.29) is 17.6 Å². The Hall–Kier alpha value is -0.593. The van der Waals surface area contributed by atoms with Crippen molar-refractivity contribution >= 4 is 37.4 Å². The van der Waals surface area contributed by atoms with Crippen molar-refractivity contribution in [1.82, 2.24) is 5.32 Å². The van der Waals surface area contributed by atoms with Gasteiger partial charge in [0.05, 0.1) is 16.6 Å². The summed E-state index contributed by atoms with van der Waals surface area (Å²) in [7, 11) is -1.85. The zero-order chi connectivity index (χ0) is 18.9. The largest absolute Gasteiger partial charge is 0.417 e. The van der Waals surface area contributed by atoms with Gasteiger partial charge in [-0.25, -0.2) is 0 Å². The molecule has 0 radical (unpaired) electrons. The van der Waals surface area contributed by atoms with Crippen LogP contribution in [0.3, 0.4) is 0 Å². The Morgan fingerprint density at radius 3 is 2.48 bits per heavy atom. The van der Waals surface area contributed by atoms with E-state index in [1.165, 1.54) is 0 Å². The summed E-state index contributed by atoms with van der Waals surface area (Å²) in [6.45, 7) is 12.1. The second-order valence-electron chi connectivity index (χ2n) is 8.05. The van der Waals surface area contributed by atoms with Crippen LogP contribution < -0.4 is 5.32 Å². The summed E-state index contributed by atoms with van der Waals surface area (Å²) < 4.78 is 12.3. The van der Waals surface area contributed by atoms with Crippen LogP contribution in [0.15, 0.2) is 18.2 Å². The van der Waals surface area contributed by atoms with E-state index in [1.807, 2.05) is 12.1 Å². The molecule has 25 heavy (non-hydrogen) atoms. The molecule has 1 N–H and O–H groups in total. The normalized spacial score (nSPS) is 22.0. The number of nitrogens with one attached hydrogen (secondary N) is 1. The highest BCUT2D eigenvalue weighted by Gasteiger charge is 2.41. The van der Waals surface area contributed by atoms with Gasteiger partial charge in [0.2, 0.25) is 5.91 Å². The molecule has 140 valence electrons. The second-order valence-corrected chi connectivity index (χ2v) is 13.7. The molecule has 1 aromatic rings. The van der Waals surface area contributed by atoms with Crippen molar-refractivity contribution in [2.75, 3.05) is 19.8 Å². The second kappa shape index (κ2) is 7.57. The first-order valence-corrected chi connectivity index (χ1v) is 12.1. The highest BCUT2D eigenvalue weighted by molar-refractivity contribution is 6.74. The predicted octanol–water partition coefficient (Wildman–Crippen LogP) is 4.75.